The predicted molar refractivity (Wildman–Crippen MR) is 45.4 cm³/mol. The molecule has 0 aromatic carbocycles. The van der Waals surface area contributed by atoms with Crippen LogP contribution in [0.4, 0.5) is 0 Å². The van der Waals surface area contributed by atoms with Crippen molar-refractivity contribution in [3.8, 4) is 0 Å². The highest BCUT2D eigenvalue weighted by atomic mass is 15.0. The van der Waals surface area contributed by atoms with Crippen LogP contribution in [0.15, 0.2) is 24.6 Å². The Kier molecular flexibility index (Phi) is 5.88. The van der Waals surface area contributed by atoms with E-state index in [1.807, 2.05) is 30.4 Å². The Morgan fingerprint density at radius 3 is 2.40 bits per heavy atom. The van der Waals surface area contributed by atoms with E-state index in [1.165, 1.54) is 0 Å². The molecule has 2 N–H and O–H groups in total. The molecule has 0 rings (SSSR count). The molecule has 0 radical (unpaired) electrons. The Labute approximate surface area is 63.0 Å². The van der Waals surface area contributed by atoms with Crippen molar-refractivity contribution in [2.45, 2.75) is 13.3 Å². The number of nitrogens with zero attached hydrogens (tertiary/aromatic N) is 1. The van der Waals surface area contributed by atoms with Gasteiger partial charge in [0.25, 0.3) is 0 Å². The summed E-state index contributed by atoms with van der Waals surface area (Å²) in [5.74, 6) is 0. The smallest absolute Gasteiger partial charge is 0.0124 e. The molecule has 2 nitrogen and oxygen atoms in total. The zero-order chi connectivity index (χ0) is 7.82. The first-order chi connectivity index (χ1) is 4.81. The molecule has 0 aliphatic heterocycles. The molecular weight excluding hydrogens is 124 g/mol. The topological polar surface area (TPSA) is 29.3 Å². The van der Waals surface area contributed by atoms with Crippen molar-refractivity contribution in [2.24, 2.45) is 5.73 Å². The Balaban J connectivity index is 3.52. The number of allylic oxidation sites excluding steroid dienone is 1. The normalized spacial score (nSPS) is 11.5. The summed E-state index contributed by atoms with van der Waals surface area (Å²) in [6.07, 6.45) is 9.06. The van der Waals surface area contributed by atoms with Gasteiger partial charge in [-0.05, 0) is 12.6 Å². The van der Waals surface area contributed by atoms with Crippen LogP contribution >= 0.6 is 0 Å². The van der Waals surface area contributed by atoms with Crippen LogP contribution in [0.1, 0.15) is 13.3 Å². The van der Waals surface area contributed by atoms with E-state index in [-0.39, 0.29) is 0 Å². The summed E-state index contributed by atoms with van der Waals surface area (Å²) in [7, 11) is 1.98. The van der Waals surface area contributed by atoms with Gasteiger partial charge in [-0.3, -0.25) is 0 Å². The van der Waals surface area contributed by atoms with Crippen LogP contribution < -0.4 is 5.73 Å². The third-order valence-electron chi connectivity index (χ3n) is 1.05. The van der Waals surface area contributed by atoms with Crippen LogP contribution in [0.3, 0.4) is 0 Å². The molecular formula is C8H16N2. The number of nitrogens with two attached hydrogens (primary N) is 1. The lowest BCUT2D eigenvalue weighted by Gasteiger charge is -2.04. The molecule has 0 fully saturated rings. The van der Waals surface area contributed by atoms with E-state index < -0.39 is 0 Å². The summed E-state index contributed by atoms with van der Waals surface area (Å²) in [5.41, 5.74) is 5.27. The SMILES string of the molecule is CC/C=C\N(C)/C=C\CN. The molecule has 58 valence electrons. The lowest BCUT2D eigenvalue weighted by Crippen LogP contribution is -2.02. The number of rotatable bonds is 4. The van der Waals surface area contributed by atoms with Crippen molar-refractivity contribution in [2.75, 3.05) is 13.6 Å². The highest BCUT2D eigenvalue weighted by Gasteiger charge is 1.77. The van der Waals surface area contributed by atoms with Gasteiger partial charge in [-0.1, -0.05) is 19.1 Å². The van der Waals surface area contributed by atoms with Crippen molar-refractivity contribution in [3.63, 3.8) is 0 Å². The maximum Gasteiger partial charge on any atom is 0.0124 e. The Bertz CT molecular complexity index is 102. The summed E-state index contributed by atoms with van der Waals surface area (Å²) >= 11 is 0. The maximum absolute atomic E-state index is 5.27. The van der Waals surface area contributed by atoms with Crippen molar-refractivity contribution >= 4 is 0 Å². The standard InChI is InChI=1S/C8H16N2/c1-3-4-7-10(2)8-5-6-9/h4-5,7-8H,3,6,9H2,1-2H3/b7-4-,8-5-. The minimum absolute atomic E-state index is 0.601. The van der Waals surface area contributed by atoms with Gasteiger partial charge in [-0.2, -0.15) is 0 Å². The fourth-order valence-corrected chi connectivity index (χ4v) is 0.548. The Morgan fingerprint density at radius 2 is 1.90 bits per heavy atom. The Hall–Kier alpha value is -0.760. The molecule has 0 aliphatic carbocycles. The summed E-state index contributed by atoms with van der Waals surface area (Å²) < 4.78 is 0. The van der Waals surface area contributed by atoms with Crippen molar-refractivity contribution < 1.29 is 0 Å². The van der Waals surface area contributed by atoms with Gasteiger partial charge in [0.05, 0.1) is 0 Å². The van der Waals surface area contributed by atoms with E-state index >= 15 is 0 Å². The first-order valence-corrected chi connectivity index (χ1v) is 3.56. The molecule has 0 aromatic rings. The largest absolute Gasteiger partial charge is 0.358 e. The molecule has 0 aliphatic rings. The van der Waals surface area contributed by atoms with Gasteiger partial charge in [0.1, 0.15) is 0 Å². The third-order valence-corrected chi connectivity index (χ3v) is 1.05. The molecule has 10 heavy (non-hydrogen) atoms. The van der Waals surface area contributed by atoms with Crippen molar-refractivity contribution in [3.05, 3.63) is 24.6 Å². The molecule has 0 bridgehead atoms. The van der Waals surface area contributed by atoms with Crippen LogP contribution in [0.5, 0.6) is 0 Å². The van der Waals surface area contributed by atoms with Crippen LogP contribution in [0, 0.1) is 0 Å². The molecule has 0 unspecified atom stereocenters. The monoisotopic (exact) mass is 140 g/mol. The lowest BCUT2D eigenvalue weighted by atomic mass is 10.4. The van der Waals surface area contributed by atoms with E-state index in [2.05, 4.69) is 13.0 Å². The third kappa shape index (κ3) is 5.38. The molecule has 0 atom stereocenters. The van der Waals surface area contributed by atoms with Crippen LogP contribution in [-0.2, 0) is 0 Å². The second-order valence-electron chi connectivity index (χ2n) is 2.08. The zero-order valence-corrected chi connectivity index (χ0v) is 6.75. The van der Waals surface area contributed by atoms with Gasteiger partial charge >= 0.3 is 0 Å². The summed E-state index contributed by atoms with van der Waals surface area (Å²) in [6.45, 7) is 2.71. The maximum atomic E-state index is 5.27. The average Bonchev–Trinajstić information content (AvgIpc) is 1.97. The summed E-state index contributed by atoms with van der Waals surface area (Å²) in [6, 6.07) is 0. The van der Waals surface area contributed by atoms with Crippen molar-refractivity contribution in [1.29, 1.82) is 0 Å². The second-order valence-corrected chi connectivity index (χ2v) is 2.08. The molecule has 0 heterocycles. The summed E-state index contributed by atoms with van der Waals surface area (Å²) in [4.78, 5) is 1.98. The average molecular weight is 140 g/mol. The first kappa shape index (κ1) is 9.24. The van der Waals surface area contributed by atoms with E-state index in [9.17, 15) is 0 Å². The second kappa shape index (κ2) is 6.36. The molecule has 0 aromatic heterocycles. The fourth-order valence-electron chi connectivity index (χ4n) is 0.548. The van der Waals surface area contributed by atoms with Gasteiger partial charge in [-0.25, -0.2) is 0 Å². The van der Waals surface area contributed by atoms with Gasteiger partial charge < -0.3 is 10.6 Å². The van der Waals surface area contributed by atoms with E-state index in [4.69, 9.17) is 5.73 Å². The first-order valence-electron chi connectivity index (χ1n) is 3.56. The number of hydrogen-bond acceptors (Lipinski definition) is 2. The Morgan fingerprint density at radius 1 is 1.30 bits per heavy atom. The minimum Gasteiger partial charge on any atom is -0.358 e. The zero-order valence-electron chi connectivity index (χ0n) is 6.75. The minimum atomic E-state index is 0.601. The quantitative estimate of drug-likeness (QED) is 0.638. The van der Waals surface area contributed by atoms with E-state index in [0.29, 0.717) is 6.54 Å². The fraction of sp³-hybridized carbons (Fsp3) is 0.500. The van der Waals surface area contributed by atoms with Crippen LogP contribution in [0.25, 0.3) is 0 Å². The van der Waals surface area contributed by atoms with Gasteiger partial charge in [0.2, 0.25) is 0 Å². The molecule has 0 saturated heterocycles. The molecule has 2 heteroatoms. The summed E-state index contributed by atoms with van der Waals surface area (Å²) in [5, 5.41) is 0. The van der Waals surface area contributed by atoms with Crippen molar-refractivity contribution in [1.82, 2.24) is 4.90 Å². The lowest BCUT2D eigenvalue weighted by molar-refractivity contribution is 0.621. The highest BCUT2D eigenvalue weighted by molar-refractivity contribution is 4.89. The van der Waals surface area contributed by atoms with E-state index in [0.717, 1.165) is 6.42 Å². The van der Waals surface area contributed by atoms with Crippen LogP contribution in [-0.4, -0.2) is 18.5 Å². The predicted octanol–water partition coefficient (Wildman–Crippen LogP) is 1.31. The molecule has 0 saturated carbocycles. The van der Waals surface area contributed by atoms with Gasteiger partial charge in [0, 0.05) is 19.8 Å². The van der Waals surface area contributed by atoms with Gasteiger partial charge in [-0.15, -0.1) is 0 Å². The van der Waals surface area contributed by atoms with Crippen LogP contribution in [0.2, 0.25) is 0 Å². The number of hydrogen-bond donors (Lipinski definition) is 1. The molecule has 0 spiro atoms. The molecule has 0 amide bonds. The highest BCUT2D eigenvalue weighted by Crippen LogP contribution is 1.87. The van der Waals surface area contributed by atoms with Gasteiger partial charge in [0.15, 0.2) is 0 Å². The van der Waals surface area contributed by atoms with E-state index in [1.54, 1.807) is 0 Å².